The summed E-state index contributed by atoms with van der Waals surface area (Å²) in [5, 5.41) is 0. The Morgan fingerprint density at radius 1 is 1.15 bits per heavy atom. The van der Waals surface area contributed by atoms with Gasteiger partial charge in [-0.1, -0.05) is 18.2 Å². The van der Waals surface area contributed by atoms with Crippen molar-refractivity contribution in [3.05, 3.63) is 30.3 Å². The van der Waals surface area contributed by atoms with Crippen molar-refractivity contribution >= 4 is 23.4 Å². The molecule has 1 aromatic carbocycles. The first-order chi connectivity index (χ1) is 9.63. The number of para-hydroxylation sites is 1. The Bertz CT molecular complexity index is 497. The van der Waals surface area contributed by atoms with Gasteiger partial charge in [-0.15, -0.1) is 0 Å². The van der Waals surface area contributed by atoms with Gasteiger partial charge in [-0.3, -0.25) is 19.3 Å². The van der Waals surface area contributed by atoms with Gasteiger partial charge in [0.2, 0.25) is 17.7 Å². The van der Waals surface area contributed by atoms with Gasteiger partial charge in [0.05, 0.1) is 0 Å². The van der Waals surface area contributed by atoms with E-state index >= 15 is 0 Å². The molecule has 0 atom stereocenters. The number of hydrogen-bond acceptors (Lipinski definition) is 3. The van der Waals surface area contributed by atoms with Crippen LogP contribution in [0.2, 0.25) is 0 Å². The summed E-state index contributed by atoms with van der Waals surface area (Å²) >= 11 is 0. The maximum Gasteiger partial charge on any atom is 0.229 e. The van der Waals surface area contributed by atoms with Crippen LogP contribution >= 0.6 is 0 Å². The molecule has 0 spiro atoms. The van der Waals surface area contributed by atoms with E-state index in [1.807, 2.05) is 37.3 Å². The van der Waals surface area contributed by atoms with Crippen LogP contribution in [0.1, 0.15) is 26.2 Å². The van der Waals surface area contributed by atoms with Crippen molar-refractivity contribution in [2.45, 2.75) is 26.2 Å². The van der Waals surface area contributed by atoms with Crippen LogP contribution < -0.4 is 4.90 Å². The molecule has 3 amide bonds. The highest BCUT2D eigenvalue weighted by Gasteiger charge is 2.29. The Kier molecular flexibility index (Phi) is 4.50. The highest BCUT2D eigenvalue weighted by atomic mass is 16.2. The summed E-state index contributed by atoms with van der Waals surface area (Å²) in [5.74, 6) is -0.428. The Morgan fingerprint density at radius 2 is 1.75 bits per heavy atom. The molecule has 1 saturated heterocycles. The van der Waals surface area contributed by atoms with Gasteiger partial charge in [0.1, 0.15) is 0 Å². The monoisotopic (exact) mass is 274 g/mol. The van der Waals surface area contributed by atoms with Crippen LogP contribution in [0.3, 0.4) is 0 Å². The molecule has 5 nitrogen and oxygen atoms in total. The predicted octanol–water partition coefficient (Wildman–Crippen LogP) is 1.58. The Labute approximate surface area is 118 Å². The second-order valence-corrected chi connectivity index (χ2v) is 4.66. The average Bonchev–Trinajstić information content (AvgIpc) is 2.78. The molecule has 5 heteroatoms. The van der Waals surface area contributed by atoms with Crippen molar-refractivity contribution in [2.24, 2.45) is 0 Å². The lowest BCUT2D eigenvalue weighted by molar-refractivity contribution is -0.138. The third-order valence-electron chi connectivity index (χ3n) is 3.39. The molecule has 1 aromatic rings. The summed E-state index contributed by atoms with van der Waals surface area (Å²) in [5.41, 5.74) is 0.832. The van der Waals surface area contributed by atoms with Crippen molar-refractivity contribution in [3.63, 3.8) is 0 Å². The van der Waals surface area contributed by atoms with Gasteiger partial charge in [0.25, 0.3) is 0 Å². The molecule has 0 saturated carbocycles. The Morgan fingerprint density at radius 3 is 2.30 bits per heavy atom. The van der Waals surface area contributed by atoms with E-state index in [1.165, 1.54) is 4.90 Å². The van der Waals surface area contributed by atoms with Crippen molar-refractivity contribution in [3.8, 4) is 0 Å². The Balaban J connectivity index is 1.97. The van der Waals surface area contributed by atoms with E-state index in [-0.39, 0.29) is 43.5 Å². The molecule has 0 N–H and O–H groups in total. The number of carbonyl (C=O) groups excluding carboxylic acids is 3. The second kappa shape index (κ2) is 6.32. The zero-order valence-corrected chi connectivity index (χ0v) is 11.5. The summed E-state index contributed by atoms with van der Waals surface area (Å²) in [6.45, 7) is 2.64. The molecule has 1 fully saturated rings. The number of benzene rings is 1. The molecule has 0 bridgehead atoms. The smallest absolute Gasteiger partial charge is 0.229 e. The minimum atomic E-state index is -0.175. The molecule has 0 radical (unpaired) electrons. The number of imide groups is 1. The number of carbonyl (C=O) groups is 3. The maximum atomic E-state index is 12.2. The molecule has 0 aromatic heterocycles. The van der Waals surface area contributed by atoms with Crippen LogP contribution in [-0.4, -0.2) is 35.7 Å². The number of nitrogens with zero attached hydrogens (tertiary/aromatic N) is 2. The quantitative estimate of drug-likeness (QED) is 0.766. The number of rotatable bonds is 5. The fraction of sp³-hybridized carbons (Fsp3) is 0.400. The van der Waals surface area contributed by atoms with E-state index in [4.69, 9.17) is 0 Å². The number of amides is 3. The van der Waals surface area contributed by atoms with Gasteiger partial charge >= 0.3 is 0 Å². The van der Waals surface area contributed by atoms with Crippen molar-refractivity contribution in [1.29, 1.82) is 0 Å². The van der Waals surface area contributed by atoms with Crippen molar-refractivity contribution in [2.75, 3.05) is 18.0 Å². The van der Waals surface area contributed by atoms with Gasteiger partial charge < -0.3 is 4.90 Å². The molecule has 1 aliphatic rings. The topological polar surface area (TPSA) is 57.7 Å². The van der Waals surface area contributed by atoms with Crippen LogP contribution in [0.4, 0.5) is 5.69 Å². The van der Waals surface area contributed by atoms with E-state index in [2.05, 4.69) is 0 Å². The summed E-state index contributed by atoms with van der Waals surface area (Å²) in [6.07, 6.45) is 0.701. The third-order valence-corrected chi connectivity index (χ3v) is 3.39. The van der Waals surface area contributed by atoms with Crippen LogP contribution in [0.15, 0.2) is 30.3 Å². The molecular weight excluding hydrogens is 256 g/mol. The molecule has 2 rings (SSSR count). The van der Waals surface area contributed by atoms with Crippen LogP contribution in [0, 0.1) is 0 Å². The summed E-state index contributed by atoms with van der Waals surface area (Å²) in [6, 6.07) is 9.38. The lowest BCUT2D eigenvalue weighted by Crippen LogP contribution is -2.36. The summed E-state index contributed by atoms with van der Waals surface area (Å²) < 4.78 is 0. The predicted molar refractivity (Wildman–Crippen MR) is 75.0 cm³/mol. The minimum Gasteiger partial charge on any atom is -0.313 e. The first-order valence-electron chi connectivity index (χ1n) is 6.82. The number of hydrogen-bond donors (Lipinski definition) is 0. The second-order valence-electron chi connectivity index (χ2n) is 4.66. The SMILES string of the molecule is CCN(C(=O)CCN1C(=O)CCC1=O)c1ccccc1. The lowest BCUT2D eigenvalue weighted by atomic mass is 10.2. The largest absolute Gasteiger partial charge is 0.313 e. The first-order valence-corrected chi connectivity index (χ1v) is 6.82. The lowest BCUT2D eigenvalue weighted by Gasteiger charge is -2.22. The molecule has 106 valence electrons. The van der Waals surface area contributed by atoms with Crippen molar-refractivity contribution < 1.29 is 14.4 Å². The fourth-order valence-corrected chi connectivity index (χ4v) is 2.33. The molecule has 20 heavy (non-hydrogen) atoms. The average molecular weight is 274 g/mol. The van der Waals surface area contributed by atoms with Crippen molar-refractivity contribution in [1.82, 2.24) is 4.90 Å². The third kappa shape index (κ3) is 3.04. The van der Waals surface area contributed by atoms with E-state index in [0.29, 0.717) is 6.54 Å². The van der Waals surface area contributed by atoms with E-state index in [1.54, 1.807) is 4.90 Å². The summed E-state index contributed by atoms with van der Waals surface area (Å²) in [4.78, 5) is 38.0. The highest BCUT2D eigenvalue weighted by Crippen LogP contribution is 2.16. The number of likely N-dealkylation sites (tertiary alicyclic amines) is 1. The number of anilines is 1. The fourth-order valence-electron chi connectivity index (χ4n) is 2.33. The zero-order valence-electron chi connectivity index (χ0n) is 11.5. The normalized spacial score (nSPS) is 14.8. The van der Waals surface area contributed by atoms with Crippen LogP contribution in [0.5, 0.6) is 0 Å². The minimum absolute atomic E-state index is 0.0776. The van der Waals surface area contributed by atoms with Gasteiger partial charge in [-0.25, -0.2) is 0 Å². The van der Waals surface area contributed by atoms with Crippen LogP contribution in [0.25, 0.3) is 0 Å². The zero-order chi connectivity index (χ0) is 14.5. The van der Waals surface area contributed by atoms with Gasteiger partial charge in [-0.05, 0) is 19.1 Å². The summed E-state index contributed by atoms with van der Waals surface area (Å²) in [7, 11) is 0. The molecular formula is C15H18N2O3. The molecule has 0 unspecified atom stereocenters. The van der Waals surface area contributed by atoms with Gasteiger partial charge in [0.15, 0.2) is 0 Å². The van der Waals surface area contributed by atoms with E-state index in [0.717, 1.165) is 5.69 Å². The first kappa shape index (κ1) is 14.2. The van der Waals surface area contributed by atoms with Gasteiger partial charge in [0, 0.05) is 38.0 Å². The molecule has 0 aliphatic carbocycles. The maximum absolute atomic E-state index is 12.2. The van der Waals surface area contributed by atoms with E-state index in [9.17, 15) is 14.4 Å². The van der Waals surface area contributed by atoms with E-state index < -0.39 is 0 Å². The molecule has 1 aliphatic heterocycles. The Hall–Kier alpha value is -2.17. The standard InChI is InChI=1S/C15H18N2O3/c1-2-16(12-6-4-3-5-7-12)15(20)10-11-17-13(18)8-9-14(17)19/h3-7H,2,8-11H2,1H3. The van der Waals surface area contributed by atoms with Crippen LogP contribution in [-0.2, 0) is 14.4 Å². The van der Waals surface area contributed by atoms with Gasteiger partial charge in [-0.2, -0.15) is 0 Å². The molecule has 1 heterocycles. The highest BCUT2D eigenvalue weighted by molar-refractivity contribution is 6.02.